The second kappa shape index (κ2) is 13.1. The maximum absolute atomic E-state index is 13.2. The quantitative estimate of drug-likeness (QED) is 0.242. The van der Waals surface area contributed by atoms with Crippen LogP contribution in [0.2, 0.25) is 5.02 Å². The molecule has 0 saturated carbocycles. The first kappa shape index (κ1) is 29.4. The van der Waals surface area contributed by atoms with Crippen molar-refractivity contribution in [1.29, 1.82) is 0 Å². The van der Waals surface area contributed by atoms with Crippen LogP contribution in [0.5, 0.6) is 11.5 Å². The zero-order chi connectivity index (χ0) is 27.8. The van der Waals surface area contributed by atoms with Gasteiger partial charge in [-0.15, -0.1) is 0 Å². The van der Waals surface area contributed by atoms with Gasteiger partial charge in [0.05, 0.1) is 24.1 Å². The van der Waals surface area contributed by atoms with E-state index in [9.17, 15) is 18.0 Å². The Balaban J connectivity index is 1.62. The number of carbonyl (C=O) groups is 2. The van der Waals surface area contributed by atoms with E-state index >= 15 is 0 Å². The average molecular weight is 565 g/mol. The van der Waals surface area contributed by atoms with E-state index in [0.717, 1.165) is 5.56 Å². The lowest BCUT2D eigenvalue weighted by molar-refractivity contribution is -0.133. The standard InChI is InChI=1S/C26H33ClN4O6S/c1-18-4-8-20(9-5-18)38(34,35)30-17-16-29-25(33)26(12-14-28-15-13-26)31-22(32)11-7-19-6-10-21(36-2)24(37-3)23(19)27/h4-11,28,30H,12-17H2,1-3H3,(H,29,33)(H,31,32). The molecule has 0 aliphatic carbocycles. The number of amides is 2. The molecule has 0 bridgehead atoms. The number of rotatable bonds is 11. The molecule has 0 atom stereocenters. The number of ether oxygens (including phenoxy) is 2. The van der Waals surface area contributed by atoms with Crippen molar-refractivity contribution < 1.29 is 27.5 Å². The maximum atomic E-state index is 13.2. The van der Waals surface area contributed by atoms with Crippen molar-refractivity contribution in [3.63, 3.8) is 0 Å². The molecule has 3 rings (SSSR count). The second-order valence-corrected chi connectivity index (χ2v) is 11.0. The molecule has 4 N–H and O–H groups in total. The fraction of sp³-hybridized carbons (Fsp3) is 0.385. The first-order chi connectivity index (χ1) is 18.1. The summed E-state index contributed by atoms with van der Waals surface area (Å²) < 4.78 is 37.9. The second-order valence-electron chi connectivity index (χ2n) is 8.83. The van der Waals surface area contributed by atoms with Crippen molar-refractivity contribution in [2.24, 2.45) is 0 Å². The Hall–Kier alpha value is -3.12. The van der Waals surface area contributed by atoms with Crippen LogP contribution in [-0.4, -0.2) is 66.2 Å². The molecule has 2 amide bonds. The van der Waals surface area contributed by atoms with Gasteiger partial charge in [-0.2, -0.15) is 0 Å². The van der Waals surface area contributed by atoms with Gasteiger partial charge in [0, 0.05) is 19.2 Å². The van der Waals surface area contributed by atoms with Gasteiger partial charge in [-0.1, -0.05) is 29.3 Å². The minimum absolute atomic E-state index is 0.00192. The summed E-state index contributed by atoms with van der Waals surface area (Å²) in [5.41, 5.74) is 0.362. The van der Waals surface area contributed by atoms with E-state index in [2.05, 4.69) is 20.7 Å². The van der Waals surface area contributed by atoms with E-state index in [4.69, 9.17) is 21.1 Å². The Bertz CT molecular complexity index is 1280. The molecule has 2 aromatic carbocycles. The fourth-order valence-electron chi connectivity index (χ4n) is 4.07. The molecule has 1 fully saturated rings. The number of aryl methyl sites for hydroxylation is 1. The summed E-state index contributed by atoms with van der Waals surface area (Å²) in [7, 11) is -0.730. The fourth-order valence-corrected chi connectivity index (χ4v) is 5.40. The summed E-state index contributed by atoms with van der Waals surface area (Å²) in [6.07, 6.45) is 3.60. The van der Waals surface area contributed by atoms with Gasteiger partial charge in [0.2, 0.25) is 21.8 Å². The monoisotopic (exact) mass is 564 g/mol. The van der Waals surface area contributed by atoms with Gasteiger partial charge in [-0.3, -0.25) is 9.59 Å². The topological polar surface area (TPSA) is 135 Å². The van der Waals surface area contributed by atoms with E-state index in [1.165, 1.54) is 38.5 Å². The Morgan fingerprint density at radius 1 is 1.05 bits per heavy atom. The van der Waals surface area contributed by atoms with E-state index < -0.39 is 21.5 Å². The molecular formula is C26H33ClN4O6S. The molecule has 0 spiro atoms. The Morgan fingerprint density at radius 2 is 1.74 bits per heavy atom. The van der Waals surface area contributed by atoms with Gasteiger partial charge < -0.3 is 25.4 Å². The number of methoxy groups -OCH3 is 2. The van der Waals surface area contributed by atoms with Crippen molar-refractivity contribution in [3.8, 4) is 11.5 Å². The van der Waals surface area contributed by atoms with Crippen LogP contribution in [0.15, 0.2) is 47.4 Å². The van der Waals surface area contributed by atoms with Gasteiger partial charge in [-0.25, -0.2) is 13.1 Å². The Kier molecular flexibility index (Phi) is 10.1. The molecular weight excluding hydrogens is 532 g/mol. The van der Waals surface area contributed by atoms with Crippen molar-refractivity contribution in [2.75, 3.05) is 40.4 Å². The summed E-state index contributed by atoms with van der Waals surface area (Å²) in [5.74, 6) is -0.0260. The molecule has 10 nitrogen and oxygen atoms in total. The lowest BCUT2D eigenvalue weighted by Gasteiger charge is -2.36. The van der Waals surface area contributed by atoms with Crippen molar-refractivity contribution >= 4 is 39.5 Å². The first-order valence-corrected chi connectivity index (χ1v) is 13.9. The largest absolute Gasteiger partial charge is 0.493 e. The molecule has 0 radical (unpaired) electrons. The van der Waals surface area contributed by atoms with Gasteiger partial charge in [0.25, 0.3) is 0 Å². The van der Waals surface area contributed by atoms with Gasteiger partial charge in [0.15, 0.2) is 11.5 Å². The molecule has 12 heteroatoms. The normalized spacial score (nSPS) is 15.2. The zero-order valence-electron chi connectivity index (χ0n) is 21.6. The minimum Gasteiger partial charge on any atom is -0.493 e. The summed E-state index contributed by atoms with van der Waals surface area (Å²) in [6.45, 7) is 3.02. The van der Waals surface area contributed by atoms with Crippen LogP contribution < -0.4 is 30.1 Å². The summed E-state index contributed by atoms with van der Waals surface area (Å²) in [6, 6.07) is 9.85. The third-order valence-electron chi connectivity index (χ3n) is 6.22. The number of carbonyl (C=O) groups excluding carboxylic acids is 2. The van der Waals surface area contributed by atoms with Gasteiger partial charge >= 0.3 is 0 Å². The zero-order valence-corrected chi connectivity index (χ0v) is 23.2. The molecule has 1 heterocycles. The first-order valence-electron chi connectivity index (χ1n) is 12.1. The number of halogens is 1. The number of benzene rings is 2. The van der Waals surface area contributed by atoms with Crippen LogP contribution in [-0.2, 0) is 19.6 Å². The van der Waals surface area contributed by atoms with Gasteiger partial charge in [-0.05, 0) is 68.8 Å². The van der Waals surface area contributed by atoms with Crippen LogP contribution in [0.3, 0.4) is 0 Å². The number of piperidine rings is 1. The molecule has 1 aliphatic rings. The van der Waals surface area contributed by atoms with E-state index in [-0.39, 0.29) is 23.9 Å². The van der Waals surface area contributed by atoms with Crippen LogP contribution in [0.25, 0.3) is 6.08 Å². The average Bonchev–Trinajstić information content (AvgIpc) is 2.90. The molecule has 2 aromatic rings. The molecule has 0 unspecified atom stereocenters. The lowest BCUT2D eigenvalue weighted by Crippen LogP contribution is -2.63. The van der Waals surface area contributed by atoms with Gasteiger partial charge in [0.1, 0.15) is 5.54 Å². The van der Waals surface area contributed by atoms with Crippen LogP contribution >= 0.6 is 11.6 Å². The molecule has 1 saturated heterocycles. The van der Waals surface area contributed by atoms with Crippen LogP contribution in [0.4, 0.5) is 0 Å². The number of sulfonamides is 1. The smallest absolute Gasteiger partial charge is 0.245 e. The van der Waals surface area contributed by atoms with E-state index in [1.807, 2.05) is 6.92 Å². The van der Waals surface area contributed by atoms with Crippen LogP contribution in [0, 0.1) is 6.92 Å². The summed E-state index contributed by atoms with van der Waals surface area (Å²) in [5, 5.41) is 9.08. The molecule has 1 aliphatic heterocycles. The third kappa shape index (κ3) is 7.25. The Morgan fingerprint density at radius 3 is 2.37 bits per heavy atom. The predicted molar refractivity (Wildman–Crippen MR) is 146 cm³/mol. The minimum atomic E-state index is -3.70. The lowest BCUT2D eigenvalue weighted by atomic mass is 9.87. The van der Waals surface area contributed by atoms with Crippen molar-refractivity contribution in [1.82, 2.24) is 20.7 Å². The molecule has 206 valence electrons. The molecule has 0 aromatic heterocycles. The number of hydrogen-bond acceptors (Lipinski definition) is 7. The van der Waals surface area contributed by atoms with Crippen molar-refractivity contribution in [2.45, 2.75) is 30.2 Å². The maximum Gasteiger partial charge on any atom is 0.245 e. The summed E-state index contributed by atoms with van der Waals surface area (Å²) >= 11 is 6.39. The highest BCUT2D eigenvalue weighted by Gasteiger charge is 2.40. The summed E-state index contributed by atoms with van der Waals surface area (Å²) in [4.78, 5) is 26.2. The highest BCUT2D eigenvalue weighted by atomic mass is 35.5. The number of nitrogens with one attached hydrogen (secondary N) is 4. The van der Waals surface area contributed by atoms with E-state index in [0.29, 0.717) is 48.0 Å². The van der Waals surface area contributed by atoms with E-state index in [1.54, 1.807) is 24.3 Å². The number of hydrogen-bond donors (Lipinski definition) is 4. The third-order valence-corrected chi connectivity index (χ3v) is 8.08. The Labute approximate surface area is 228 Å². The molecule has 38 heavy (non-hydrogen) atoms. The van der Waals surface area contributed by atoms with Crippen molar-refractivity contribution in [3.05, 3.63) is 58.6 Å². The van der Waals surface area contributed by atoms with Crippen LogP contribution in [0.1, 0.15) is 24.0 Å². The highest BCUT2D eigenvalue weighted by Crippen LogP contribution is 2.37. The SMILES string of the molecule is COc1ccc(C=CC(=O)NC2(C(=O)NCCNS(=O)(=O)c3ccc(C)cc3)CCNCC2)c(Cl)c1OC. The predicted octanol–water partition coefficient (Wildman–Crippen LogP) is 2.01. The highest BCUT2D eigenvalue weighted by molar-refractivity contribution is 7.89.